The first-order valence-electron chi connectivity index (χ1n) is 6.96. The fraction of sp³-hybridized carbons (Fsp3) is 0.533. The molecule has 0 aliphatic carbocycles. The number of amides is 1. The Morgan fingerprint density at radius 3 is 2.90 bits per heavy atom. The highest BCUT2D eigenvalue weighted by molar-refractivity contribution is 7.99. The number of ether oxygens (including phenoxy) is 1. The number of carbonyl (C=O) groups is 1. The topological polar surface area (TPSA) is 58.6 Å². The smallest absolute Gasteiger partial charge is 0.230 e. The molecule has 21 heavy (non-hydrogen) atoms. The molecule has 1 aromatic carbocycles. The summed E-state index contributed by atoms with van der Waals surface area (Å²) >= 11 is 7.44. The summed E-state index contributed by atoms with van der Waals surface area (Å²) in [5.74, 6) is 1.06. The largest absolute Gasteiger partial charge is 0.388 e. The Bertz CT molecular complexity index is 478. The van der Waals surface area contributed by atoms with Crippen LogP contribution in [0.3, 0.4) is 0 Å². The molecule has 6 heteroatoms. The summed E-state index contributed by atoms with van der Waals surface area (Å²) in [6, 6.07) is 7.62. The SMILES string of the molecule is O=C(CSCc1cccc(Cl)c1)NCC1(O)CCOCC1. The number of hydrogen-bond acceptors (Lipinski definition) is 4. The second-order valence-electron chi connectivity index (χ2n) is 5.24. The summed E-state index contributed by atoms with van der Waals surface area (Å²) in [5, 5.41) is 13.7. The van der Waals surface area contributed by atoms with Crippen LogP contribution in [0.25, 0.3) is 0 Å². The van der Waals surface area contributed by atoms with Crippen molar-refractivity contribution in [2.24, 2.45) is 0 Å². The van der Waals surface area contributed by atoms with Crippen LogP contribution in [0.1, 0.15) is 18.4 Å². The number of benzene rings is 1. The van der Waals surface area contributed by atoms with Gasteiger partial charge in [-0.1, -0.05) is 23.7 Å². The number of aliphatic hydroxyl groups is 1. The van der Waals surface area contributed by atoms with E-state index in [1.54, 1.807) is 0 Å². The lowest BCUT2D eigenvalue weighted by Crippen LogP contribution is -2.47. The van der Waals surface area contributed by atoms with Crippen molar-refractivity contribution in [3.05, 3.63) is 34.9 Å². The molecule has 1 heterocycles. The van der Waals surface area contributed by atoms with Crippen LogP contribution in [0, 0.1) is 0 Å². The van der Waals surface area contributed by atoms with Crippen LogP contribution in [0.15, 0.2) is 24.3 Å². The Morgan fingerprint density at radius 2 is 2.19 bits per heavy atom. The molecule has 1 aliphatic heterocycles. The Morgan fingerprint density at radius 1 is 1.43 bits per heavy atom. The van der Waals surface area contributed by atoms with Gasteiger partial charge < -0.3 is 15.2 Å². The van der Waals surface area contributed by atoms with Gasteiger partial charge in [0, 0.05) is 43.4 Å². The Balaban J connectivity index is 1.65. The van der Waals surface area contributed by atoms with Gasteiger partial charge in [-0.15, -0.1) is 11.8 Å². The van der Waals surface area contributed by atoms with Crippen LogP contribution in [0.4, 0.5) is 0 Å². The summed E-state index contributed by atoms with van der Waals surface area (Å²) in [6.07, 6.45) is 1.14. The summed E-state index contributed by atoms with van der Waals surface area (Å²) in [5.41, 5.74) is 0.286. The van der Waals surface area contributed by atoms with E-state index in [4.69, 9.17) is 16.3 Å². The molecule has 1 aromatic rings. The van der Waals surface area contributed by atoms with Crippen molar-refractivity contribution >= 4 is 29.3 Å². The highest BCUT2D eigenvalue weighted by Crippen LogP contribution is 2.19. The van der Waals surface area contributed by atoms with Crippen LogP contribution in [0.2, 0.25) is 5.02 Å². The molecule has 0 spiro atoms. The minimum Gasteiger partial charge on any atom is -0.388 e. The minimum absolute atomic E-state index is 0.0538. The lowest BCUT2D eigenvalue weighted by molar-refractivity contribution is -0.121. The van der Waals surface area contributed by atoms with E-state index in [2.05, 4.69) is 5.32 Å². The third-order valence-electron chi connectivity index (χ3n) is 3.43. The van der Waals surface area contributed by atoms with Crippen molar-refractivity contribution in [1.29, 1.82) is 0 Å². The first-order chi connectivity index (χ1) is 10.1. The zero-order chi connectivity index (χ0) is 15.1. The number of nitrogens with one attached hydrogen (secondary N) is 1. The monoisotopic (exact) mass is 329 g/mol. The molecule has 1 fully saturated rings. The average molecular weight is 330 g/mol. The fourth-order valence-electron chi connectivity index (χ4n) is 2.13. The molecule has 0 saturated carbocycles. The van der Waals surface area contributed by atoms with Crippen molar-refractivity contribution < 1.29 is 14.6 Å². The second kappa shape index (κ2) is 8.03. The Labute approximate surface area is 134 Å². The van der Waals surface area contributed by atoms with E-state index in [1.165, 1.54) is 11.8 Å². The molecular weight excluding hydrogens is 310 g/mol. The summed E-state index contributed by atoms with van der Waals surface area (Å²) < 4.78 is 5.21. The van der Waals surface area contributed by atoms with Gasteiger partial charge in [-0.25, -0.2) is 0 Å². The normalized spacial score (nSPS) is 17.4. The molecular formula is C15H20ClNO3S. The second-order valence-corrected chi connectivity index (χ2v) is 6.66. The Kier molecular flexibility index (Phi) is 6.36. The molecule has 1 saturated heterocycles. The van der Waals surface area contributed by atoms with Gasteiger partial charge in [0.05, 0.1) is 11.4 Å². The van der Waals surface area contributed by atoms with Crippen LogP contribution in [0.5, 0.6) is 0 Å². The number of thioether (sulfide) groups is 1. The quantitative estimate of drug-likeness (QED) is 0.840. The van der Waals surface area contributed by atoms with E-state index in [9.17, 15) is 9.90 Å². The highest BCUT2D eigenvalue weighted by Gasteiger charge is 2.29. The van der Waals surface area contributed by atoms with Crippen LogP contribution in [-0.2, 0) is 15.3 Å². The fourth-order valence-corrected chi connectivity index (χ4v) is 3.15. The predicted molar refractivity (Wildman–Crippen MR) is 85.6 cm³/mol. The van der Waals surface area contributed by atoms with Crippen molar-refractivity contribution in [3.63, 3.8) is 0 Å². The zero-order valence-electron chi connectivity index (χ0n) is 11.8. The van der Waals surface area contributed by atoms with E-state index in [0.717, 1.165) is 11.3 Å². The van der Waals surface area contributed by atoms with Crippen molar-refractivity contribution in [1.82, 2.24) is 5.32 Å². The van der Waals surface area contributed by atoms with E-state index in [-0.39, 0.29) is 5.91 Å². The molecule has 1 aliphatic rings. The third-order valence-corrected chi connectivity index (χ3v) is 4.67. The van der Waals surface area contributed by atoms with Gasteiger partial charge in [-0.05, 0) is 17.7 Å². The lowest BCUT2D eigenvalue weighted by atomic mass is 9.94. The average Bonchev–Trinajstić information content (AvgIpc) is 2.46. The lowest BCUT2D eigenvalue weighted by Gasteiger charge is -2.32. The summed E-state index contributed by atoms with van der Waals surface area (Å²) in [6.45, 7) is 1.40. The molecule has 2 N–H and O–H groups in total. The number of rotatable bonds is 6. The van der Waals surface area contributed by atoms with Gasteiger partial charge >= 0.3 is 0 Å². The van der Waals surface area contributed by atoms with Gasteiger partial charge in [0.25, 0.3) is 0 Å². The highest BCUT2D eigenvalue weighted by atomic mass is 35.5. The molecule has 4 nitrogen and oxygen atoms in total. The van der Waals surface area contributed by atoms with Crippen molar-refractivity contribution in [2.45, 2.75) is 24.2 Å². The predicted octanol–water partition coefficient (Wildman–Crippen LogP) is 2.23. The first kappa shape index (κ1) is 16.6. The van der Waals surface area contributed by atoms with E-state index in [0.29, 0.717) is 43.4 Å². The number of carbonyl (C=O) groups excluding carboxylic acids is 1. The van der Waals surface area contributed by atoms with Gasteiger partial charge in [-0.3, -0.25) is 4.79 Å². The molecule has 0 bridgehead atoms. The molecule has 0 aromatic heterocycles. The van der Waals surface area contributed by atoms with Crippen LogP contribution in [-0.4, -0.2) is 42.1 Å². The standard InChI is InChI=1S/C15H20ClNO3S/c16-13-3-1-2-12(8-13)9-21-10-14(18)17-11-15(19)4-6-20-7-5-15/h1-3,8,19H,4-7,9-11H2,(H,17,18). The van der Waals surface area contributed by atoms with E-state index < -0.39 is 5.60 Å². The van der Waals surface area contributed by atoms with Gasteiger partial charge in [-0.2, -0.15) is 0 Å². The number of halogens is 1. The van der Waals surface area contributed by atoms with Crippen LogP contribution < -0.4 is 5.32 Å². The first-order valence-corrected chi connectivity index (χ1v) is 8.50. The summed E-state index contributed by atoms with van der Waals surface area (Å²) in [4.78, 5) is 11.8. The summed E-state index contributed by atoms with van der Waals surface area (Å²) in [7, 11) is 0. The Hall–Kier alpha value is -0.750. The van der Waals surface area contributed by atoms with Gasteiger partial charge in [0.1, 0.15) is 0 Å². The molecule has 1 amide bonds. The molecule has 0 unspecified atom stereocenters. The number of hydrogen-bond donors (Lipinski definition) is 2. The third kappa shape index (κ3) is 5.87. The van der Waals surface area contributed by atoms with E-state index in [1.807, 2.05) is 24.3 Å². The van der Waals surface area contributed by atoms with Crippen LogP contribution >= 0.6 is 23.4 Å². The molecule has 116 valence electrons. The maximum Gasteiger partial charge on any atom is 0.230 e. The minimum atomic E-state index is -0.814. The maximum atomic E-state index is 11.8. The van der Waals surface area contributed by atoms with Gasteiger partial charge in [0.15, 0.2) is 0 Å². The van der Waals surface area contributed by atoms with Gasteiger partial charge in [0.2, 0.25) is 5.91 Å². The molecule has 2 rings (SSSR count). The maximum absolute atomic E-state index is 11.8. The zero-order valence-corrected chi connectivity index (χ0v) is 13.4. The molecule has 0 radical (unpaired) electrons. The molecule has 0 atom stereocenters. The van der Waals surface area contributed by atoms with E-state index >= 15 is 0 Å². The van der Waals surface area contributed by atoms with Crippen molar-refractivity contribution in [3.8, 4) is 0 Å². The van der Waals surface area contributed by atoms with Crippen molar-refractivity contribution in [2.75, 3.05) is 25.5 Å².